The van der Waals surface area contributed by atoms with Gasteiger partial charge in [0.15, 0.2) is 58.3 Å². The van der Waals surface area contributed by atoms with E-state index in [0.29, 0.717) is 47.4 Å². The molecule has 4 saturated heterocycles. The normalized spacial score (nSPS) is 41.9. The summed E-state index contributed by atoms with van der Waals surface area (Å²) in [7, 11) is 0. The molecular weight excluding hydrogens is 516 g/mol. The smallest absolute Gasteiger partial charge is 0.191 e. The van der Waals surface area contributed by atoms with Gasteiger partial charge in [0.05, 0.1) is 13.1 Å². The first-order valence-electron chi connectivity index (χ1n) is 12.9. The van der Waals surface area contributed by atoms with Crippen LogP contribution in [0.2, 0.25) is 0 Å². The maximum absolute atomic E-state index is 11.9. The van der Waals surface area contributed by atoms with Gasteiger partial charge in [0, 0.05) is 0 Å². The Labute approximate surface area is 220 Å². The topological polar surface area (TPSA) is 170 Å². The predicted molar refractivity (Wildman–Crippen MR) is 122 cm³/mol. The van der Waals surface area contributed by atoms with Gasteiger partial charge in [0.2, 0.25) is 0 Å². The van der Waals surface area contributed by atoms with E-state index in [1.807, 2.05) is 0 Å². The number of furan rings is 1. The van der Waals surface area contributed by atoms with Crippen LogP contribution >= 0.6 is 0 Å². The zero-order valence-electron chi connectivity index (χ0n) is 21.5. The van der Waals surface area contributed by atoms with Crippen molar-refractivity contribution >= 4 is 0 Å². The summed E-state index contributed by atoms with van der Waals surface area (Å²) in [5.41, 5.74) is -1.51. The standard InChI is InChI=1S/C24H26N6O9/c1-21(2)36-17-19(38-21)34-11-7-29-15(23(11,17)31)13(25-27-29)9-5-6-10(33-9)14-16-24(32)12(8-30(16)28-26-14)35-20-18(24)37-22(3,4)39-20/h5-6,11-12,17-20,31-32H,7-8H2,1-4H3/t11-,12-,17+,18+,19-,20-,23+,24+/m1/s1. The minimum absolute atomic E-state index is 0.292. The molecule has 0 aliphatic carbocycles. The zero-order chi connectivity index (χ0) is 26.7. The summed E-state index contributed by atoms with van der Waals surface area (Å²) in [6, 6.07) is 3.43. The fraction of sp³-hybridized carbons (Fsp3) is 0.667. The molecular formula is C24H26N6O9. The molecule has 0 spiro atoms. The molecule has 0 amide bonds. The molecule has 0 unspecified atom stereocenters. The number of hydrogen-bond donors (Lipinski definition) is 2. The Balaban J connectivity index is 1.10. The maximum atomic E-state index is 11.9. The molecule has 6 aliphatic heterocycles. The lowest BCUT2D eigenvalue weighted by molar-refractivity contribution is -0.228. The largest absolute Gasteiger partial charge is 0.453 e. The Morgan fingerprint density at radius 3 is 1.59 bits per heavy atom. The van der Waals surface area contributed by atoms with Crippen LogP contribution in [-0.4, -0.2) is 88.8 Å². The van der Waals surface area contributed by atoms with E-state index in [2.05, 4.69) is 20.6 Å². The third kappa shape index (κ3) is 2.69. The number of fused-ring (bicyclic) bond motifs is 10. The van der Waals surface area contributed by atoms with E-state index in [1.54, 1.807) is 49.2 Å². The van der Waals surface area contributed by atoms with E-state index >= 15 is 0 Å². The van der Waals surface area contributed by atoms with Crippen LogP contribution in [0.3, 0.4) is 0 Å². The van der Waals surface area contributed by atoms with Gasteiger partial charge in [-0.15, -0.1) is 10.2 Å². The summed E-state index contributed by atoms with van der Waals surface area (Å²) in [5.74, 6) is -1.11. The fourth-order valence-electron chi connectivity index (χ4n) is 7.00. The summed E-state index contributed by atoms with van der Waals surface area (Å²) >= 11 is 0. The molecule has 9 heterocycles. The van der Waals surface area contributed by atoms with Crippen LogP contribution in [0.15, 0.2) is 16.5 Å². The van der Waals surface area contributed by atoms with Crippen molar-refractivity contribution in [2.24, 2.45) is 0 Å². The Morgan fingerprint density at radius 2 is 1.15 bits per heavy atom. The first-order chi connectivity index (χ1) is 18.5. The molecule has 15 nitrogen and oxygen atoms in total. The average molecular weight is 543 g/mol. The maximum Gasteiger partial charge on any atom is 0.191 e. The fourth-order valence-corrected chi connectivity index (χ4v) is 7.00. The van der Waals surface area contributed by atoms with E-state index in [1.165, 1.54) is 0 Å². The van der Waals surface area contributed by atoms with Crippen molar-refractivity contribution in [1.82, 2.24) is 30.0 Å². The summed E-state index contributed by atoms with van der Waals surface area (Å²) in [6.45, 7) is 7.67. The van der Waals surface area contributed by atoms with E-state index in [9.17, 15) is 10.2 Å². The Morgan fingerprint density at radius 1 is 0.718 bits per heavy atom. The molecule has 0 radical (unpaired) electrons. The van der Waals surface area contributed by atoms with Crippen LogP contribution < -0.4 is 0 Å². The number of rotatable bonds is 2. The molecule has 4 fully saturated rings. The van der Waals surface area contributed by atoms with E-state index in [4.69, 9.17) is 32.8 Å². The summed E-state index contributed by atoms with van der Waals surface area (Å²) in [4.78, 5) is 0. The number of hydrogen-bond acceptors (Lipinski definition) is 13. The average Bonchev–Trinajstić information content (AvgIpc) is 3.67. The second kappa shape index (κ2) is 6.75. The van der Waals surface area contributed by atoms with Gasteiger partial charge >= 0.3 is 0 Å². The van der Waals surface area contributed by atoms with Crippen molar-refractivity contribution < 1.29 is 43.1 Å². The van der Waals surface area contributed by atoms with Gasteiger partial charge in [-0.25, -0.2) is 9.36 Å². The van der Waals surface area contributed by atoms with Crippen molar-refractivity contribution in [2.75, 3.05) is 0 Å². The first-order valence-corrected chi connectivity index (χ1v) is 12.9. The molecule has 39 heavy (non-hydrogen) atoms. The van der Waals surface area contributed by atoms with Gasteiger partial charge in [-0.1, -0.05) is 10.4 Å². The van der Waals surface area contributed by atoms with Crippen LogP contribution in [0.1, 0.15) is 39.1 Å². The van der Waals surface area contributed by atoms with Gasteiger partial charge in [0.25, 0.3) is 0 Å². The Kier molecular flexibility index (Phi) is 3.98. The number of ether oxygens (including phenoxy) is 6. The molecule has 0 saturated carbocycles. The van der Waals surface area contributed by atoms with Gasteiger partial charge in [-0.3, -0.25) is 0 Å². The minimum atomic E-state index is -1.54. The summed E-state index contributed by atoms with van der Waals surface area (Å²) < 4.78 is 45.2. The van der Waals surface area contributed by atoms with E-state index < -0.39 is 59.8 Å². The highest BCUT2D eigenvalue weighted by Crippen LogP contribution is 2.55. The SMILES string of the molecule is CC1(C)O[C@H]2O[C@@H]3Cn4nnc(-c5ccc(-c6nnn7c6[C@@]6(O)[C@@H](C7)O[C@@H]7OC(C)(C)O[C@@H]76)o5)c4[C@]3(O)[C@H]2O1. The highest BCUT2D eigenvalue weighted by Gasteiger charge is 2.70. The molecule has 15 heteroatoms. The Hall–Kier alpha value is -2.76. The quantitative estimate of drug-likeness (QED) is 0.442. The van der Waals surface area contributed by atoms with Crippen molar-refractivity contribution in [3.8, 4) is 22.9 Å². The lowest BCUT2D eigenvalue weighted by Gasteiger charge is -2.28. The van der Waals surface area contributed by atoms with E-state index in [0.717, 1.165) is 0 Å². The first kappa shape index (κ1) is 23.0. The monoisotopic (exact) mass is 542 g/mol. The van der Waals surface area contributed by atoms with Crippen LogP contribution in [0.4, 0.5) is 0 Å². The number of aromatic nitrogens is 6. The van der Waals surface area contributed by atoms with Crippen molar-refractivity contribution in [3.05, 3.63) is 23.5 Å². The third-order valence-electron chi connectivity index (χ3n) is 8.54. The third-order valence-corrected chi connectivity index (χ3v) is 8.54. The minimum Gasteiger partial charge on any atom is -0.453 e. The molecule has 9 rings (SSSR count). The lowest BCUT2D eigenvalue weighted by Crippen LogP contribution is -2.44. The van der Waals surface area contributed by atoms with Gasteiger partial charge in [-0.05, 0) is 39.8 Å². The second-order valence-electron chi connectivity index (χ2n) is 11.9. The van der Waals surface area contributed by atoms with Crippen molar-refractivity contribution in [3.63, 3.8) is 0 Å². The Bertz CT molecular complexity index is 1440. The molecule has 3 aromatic heterocycles. The van der Waals surface area contributed by atoms with Crippen LogP contribution in [-0.2, 0) is 52.7 Å². The highest BCUT2D eigenvalue weighted by molar-refractivity contribution is 5.65. The second-order valence-corrected chi connectivity index (χ2v) is 11.9. The van der Waals surface area contributed by atoms with Gasteiger partial charge in [-0.2, -0.15) is 0 Å². The molecule has 3 aromatic rings. The summed E-state index contributed by atoms with van der Waals surface area (Å²) in [6.07, 6.45) is -4.16. The van der Waals surface area contributed by atoms with Crippen LogP contribution in [0.25, 0.3) is 22.9 Å². The number of nitrogens with zero attached hydrogens (tertiary/aromatic N) is 6. The van der Waals surface area contributed by atoms with Crippen LogP contribution in [0.5, 0.6) is 0 Å². The molecule has 206 valence electrons. The molecule has 0 aromatic carbocycles. The van der Waals surface area contributed by atoms with Crippen molar-refractivity contribution in [2.45, 2.75) is 101 Å². The number of aliphatic hydroxyl groups is 2. The molecule has 6 aliphatic rings. The summed E-state index contributed by atoms with van der Waals surface area (Å²) in [5, 5.41) is 41.0. The van der Waals surface area contributed by atoms with Crippen molar-refractivity contribution in [1.29, 1.82) is 0 Å². The lowest BCUT2D eigenvalue weighted by atomic mass is 9.90. The molecule has 2 N–H and O–H groups in total. The van der Waals surface area contributed by atoms with Gasteiger partial charge in [0.1, 0.15) is 35.8 Å². The van der Waals surface area contributed by atoms with E-state index in [-0.39, 0.29) is 0 Å². The molecule has 0 bridgehead atoms. The molecule has 8 atom stereocenters. The van der Waals surface area contributed by atoms with Crippen LogP contribution in [0, 0.1) is 0 Å². The zero-order valence-corrected chi connectivity index (χ0v) is 21.5. The predicted octanol–water partition coefficient (Wildman–Crippen LogP) is -0.0482. The highest BCUT2D eigenvalue weighted by atomic mass is 16.8. The van der Waals surface area contributed by atoms with Gasteiger partial charge < -0.3 is 43.1 Å².